The third-order valence-electron chi connectivity index (χ3n) is 3.03. The van der Waals surface area contributed by atoms with Gasteiger partial charge in [0.2, 0.25) is 5.91 Å². The predicted octanol–water partition coefficient (Wildman–Crippen LogP) is 2.87. The summed E-state index contributed by atoms with van der Waals surface area (Å²) in [5.74, 6) is 0.527. The second kappa shape index (κ2) is 11.9. The lowest BCUT2D eigenvalue weighted by Crippen LogP contribution is -2.28. The first-order valence-electron chi connectivity index (χ1n) is 7.08. The minimum absolute atomic E-state index is 0.158. The van der Waals surface area contributed by atoms with Crippen LogP contribution in [0.2, 0.25) is 0 Å². The number of amides is 1. The average Bonchev–Trinajstić information content (AvgIpc) is 2.31. The van der Waals surface area contributed by atoms with Crippen molar-refractivity contribution in [3.63, 3.8) is 0 Å². The predicted molar refractivity (Wildman–Crippen MR) is 71.9 cm³/mol. The molecular weight excluding hydrogens is 214 g/mol. The number of carbonyl (C=O) groups excluding carboxylic acids is 1. The van der Waals surface area contributed by atoms with E-state index in [0.29, 0.717) is 18.9 Å². The number of hydrogen-bond acceptors (Lipinski definition) is 2. The van der Waals surface area contributed by atoms with Crippen LogP contribution < -0.4 is 5.32 Å². The highest BCUT2D eigenvalue weighted by Gasteiger charge is 2.04. The van der Waals surface area contributed by atoms with Crippen LogP contribution in [0.4, 0.5) is 0 Å². The number of carbonyl (C=O) groups is 1. The molecular formula is C14H29NO2. The molecule has 0 aromatic rings. The average molecular weight is 243 g/mol. The Balaban J connectivity index is 3.28. The minimum atomic E-state index is 0.158. The fourth-order valence-electron chi connectivity index (χ4n) is 1.76. The van der Waals surface area contributed by atoms with E-state index in [0.717, 1.165) is 12.8 Å². The van der Waals surface area contributed by atoms with Crippen LogP contribution in [0.25, 0.3) is 0 Å². The molecule has 0 aliphatic rings. The quantitative estimate of drug-likeness (QED) is 0.548. The second-order valence-corrected chi connectivity index (χ2v) is 4.94. The summed E-state index contributed by atoms with van der Waals surface area (Å²) in [6.07, 6.45) is 8.71. The van der Waals surface area contributed by atoms with Crippen LogP contribution in [0.5, 0.6) is 0 Å². The van der Waals surface area contributed by atoms with Gasteiger partial charge in [0.25, 0.3) is 0 Å². The summed E-state index contributed by atoms with van der Waals surface area (Å²) in [5, 5.41) is 11.7. The molecule has 0 rings (SSSR count). The maximum atomic E-state index is 11.5. The van der Waals surface area contributed by atoms with Crippen molar-refractivity contribution in [2.24, 2.45) is 5.92 Å². The van der Waals surface area contributed by atoms with Gasteiger partial charge in [-0.2, -0.15) is 0 Å². The number of aliphatic hydroxyl groups excluding tert-OH is 1. The Morgan fingerprint density at radius 3 is 2.47 bits per heavy atom. The summed E-state index contributed by atoms with van der Waals surface area (Å²) in [6, 6.07) is 0. The van der Waals surface area contributed by atoms with E-state index in [1.165, 1.54) is 32.1 Å². The summed E-state index contributed by atoms with van der Waals surface area (Å²) >= 11 is 0. The van der Waals surface area contributed by atoms with Crippen LogP contribution in [-0.4, -0.2) is 24.2 Å². The molecule has 0 bridgehead atoms. The van der Waals surface area contributed by atoms with Gasteiger partial charge in [-0.05, 0) is 18.8 Å². The summed E-state index contributed by atoms with van der Waals surface area (Å²) in [7, 11) is 0. The van der Waals surface area contributed by atoms with Gasteiger partial charge in [0.05, 0.1) is 0 Å². The molecule has 0 aliphatic heterocycles. The fourth-order valence-corrected chi connectivity index (χ4v) is 1.76. The first-order valence-corrected chi connectivity index (χ1v) is 7.08. The zero-order valence-corrected chi connectivity index (χ0v) is 11.5. The van der Waals surface area contributed by atoms with Crippen molar-refractivity contribution in [1.29, 1.82) is 0 Å². The summed E-state index contributed by atoms with van der Waals surface area (Å²) in [4.78, 5) is 11.5. The molecule has 0 saturated carbocycles. The van der Waals surface area contributed by atoms with Crippen LogP contribution in [0.15, 0.2) is 0 Å². The van der Waals surface area contributed by atoms with Crippen LogP contribution in [-0.2, 0) is 4.79 Å². The van der Waals surface area contributed by atoms with Gasteiger partial charge < -0.3 is 10.4 Å². The number of aliphatic hydroxyl groups is 1. The molecule has 2 N–H and O–H groups in total. The van der Waals surface area contributed by atoms with E-state index in [1.807, 2.05) is 6.92 Å². The number of nitrogens with one attached hydrogen (secondary N) is 1. The lowest BCUT2D eigenvalue weighted by atomic mass is 10.1. The highest BCUT2D eigenvalue weighted by molar-refractivity contribution is 5.75. The Bertz CT molecular complexity index is 183. The monoisotopic (exact) mass is 243 g/mol. The highest BCUT2D eigenvalue weighted by atomic mass is 16.3. The molecule has 0 saturated heterocycles. The Morgan fingerprint density at radius 1 is 1.18 bits per heavy atom. The fraction of sp³-hybridized carbons (Fsp3) is 0.929. The smallest absolute Gasteiger partial charge is 0.220 e. The normalized spacial score (nSPS) is 12.4. The first-order chi connectivity index (χ1) is 8.20. The maximum absolute atomic E-state index is 11.5. The molecule has 1 unspecified atom stereocenters. The van der Waals surface area contributed by atoms with Crippen molar-refractivity contribution in [2.75, 3.05) is 13.2 Å². The number of rotatable bonds is 11. The number of unbranched alkanes of at least 4 members (excludes halogenated alkanes) is 5. The van der Waals surface area contributed by atoms with E-state index in [-0.39, 0.29) is 12.5 Å². The minimum Gasteiger partial charge on any atom is -0.396 e. The molecule has 17 heavy (non-hydrogen) atoms. The van der Waals surface area contributed by atoms with Crippen molar-refractivity contribution in [3.8, 4) is 0 Å². The van der Waals surface area contributed by atoms with Gasteiger partial charge in [-0.3, -0.25) is 4.79 Å². The van der Waals surface area contributed by atoms with Gasteiger partial charge in [0.1, 0.15) is 0 Å². The molecule has 0 aromatic heterocycles. The molecule has 3 heteroatoms. The van der Waals surface area contributed by atoms with Gasteiger partial charge in [-0.1, -0.05) is 46.0 Å². The standard InChI is InChI=1S/C14H29NO2/c1-3-4-5-6-7-8-9-14(17)15-12-13(2)10-11-16/h13,16H,3-12H2,1-2H3,(H,15,17). The molecule has 1 amide bonds. The first kappa shape index (κ1) is 16.4. The zero-order chi connectivity index (χ0) is 12.9. The third-order valence-corrected chi connectivity index (χ3v) is 3.03. The molecule has 0 radical (unpaired) electrons. The molecule has 0 spiro atoms. The van der Waals surface area contributed by atoms with Crippen molar-refractivity contribution in [1.82, 2.24) is 5.32 Å². The van der Waals surface area contributed by atoms with E-state index in [9.17, 15) is 4.79 Å². The molecule has 0 fully saturated rings. The van der Waals surface area contributed by atoms with Gasteiger partial charge in [0, 0.05) is 19.6 Å². The van der Waals surface area contributed by atoms with Gasteiger partial charge in [-0.25, -0.2) is 0 Å². The van der Waals surface area contributed by atoms with Crippen molar-refractivity contribution >= 4 is 5.91 Å². The van der Waals surface area contributed by atoms with Gasteiger partial charge >= 0.3 is 0 Å². The largest absolute Gasteiger partial charge is 0.396 e. The Labute approximate surface area is 106 Å². The van der Waals surface area contributed by atoms with Crippen LogP contribution in [0.1, 0.15) is 65.2 Å². The lowest BCUT2D eigenvalue weighted by Gasteiger charge is -2.10. The molecule has 0 heterocycles. The lowest BCUT2D eigenvalue weighted by molar-refractivity contribution is -0.121. The summed E-state index contributed by atoms with van der Waals surface area (Å²) < 4.78 is 0. The van der Waals surface area contributed by atoms with E-state index in [1.54, 1.807) is 0 Å². The summed E-state index contributed by atoms with van der Waals surface area (Å²) in [5.41, 5.74) is 0. The molecule has 0 aliphatic carbocycles. The van der Waals surface area contributed by atoms with Gasteiger partial charge in [-0.15, -0.1) is 0 Å². The van der Waals surface area contributed by atoms with Gasteiger partial charge in [0.15, 0.2) is 0 Å². The third kappa shape index (κ3) is 11.7. The SMILES string of the molecule is CCCCCCCCC(=O)NCC(C)CCO. The van der Waals surface area contributed by atoms with Crippen molar-refractivity contribution in [2.45, 2.75) is 65.2 Å². The van der Waals surface area contributed by atoms with Crippen molar-refractivity contribution in [3.05, 3.63) is 0 Å². The Hall–Kier alpha value is -0.570. The number of hydrogen-bond donors (Lipinski definition) is 2. The van der Waals surface area contributed by atoms with E-state index in [2.05, 4.69) is 12.2 Å². The highest BCUT2D eigenvalue weighted by Crippen LogP contribution is 2.07. The Kier molecular flexibility index (Phi) is 11.5. The topological polar surface area (TPSA) is 49.3 Å². The van der Waals surface area contributed by atoms with Crippen LogP contribution >= 0.6 is 0 Å². The zero-order valence-electron chi connectivity index (χ0n) is 11.5. The second-order valence-electron chi connectivity index (χ2n) is 4.94. The Morgan fingerprint density at radius 2 is 1.82 bits per heavy atom. The molecule has 0 aromatic carbocycles. The van der Waals surface area contributed by atoms with E-state index >= 15 is 0 Å². The molecule has 3 nitrogen and oxygen atoms in total. The van der Waals surface area contributed by atoms with Crippen molar-refractivity contribution < 1.29 is 9.90 Å². The van der Waals surface area contributed by atoms with E-state index < -0.39 is 0 Å². The molecule has 102 valence electrons. The molecule has 1 atom stereocenters. The summed E-state index contributed by atoms with van der Waals surface area (Å²) in [6.45, 7) is 5.14. The van der Waals surface area contributed by atoms with Crippen LogP contribution in [0, 0.1) is 5.92 Å². The maximum Gasteiger partial charge on any atom is 0.220 e. The van der Waals surface area contributed by atoms with Crippen LogP contribution in [0.3, 0.4) is 0 Å². The van der Waals surface area contributed by atoms with E-state index in [4.69, 9.17) is 5.11 Å².